The van der Waals surface area contributed by atoms with E-state index >= 15 is 0 Å². The first-order valence-electron chi connectivity index (χ1n) is 24.7. The molecule has 10 heteroatoms. The van der Waals surface area contributed by atoms with Gasteiger partial charge in [-0.3, -0.25) is 19.6 Å². The third-order valence-corrected chi connectivity index (χ3v) is 14.9. The molecule has 0 saturated carbocycles. The van der Waals surface area contributed by atoms with Crippen LogP contribution in [0.3, 0.4) is 0 Å². The Hall–Kier alpha value is -4.86. The summed E-state index contributed by atoms with van der Waals surface area (Å²) >= 11 is 0. The van der Waals surface area contributed by atoms with Crippen LogP contribution in [0.5, 0.6) is 0 Å². The molecule has 1 aliphatic carbocycles. The van der Waals surface area contributed by atoms with E-state index in [2.05, 4.69) is 77.5 Å². The van der Waals surface area contributed by atoms with E-state index < -0.39 is 11.9 Å². The van der Waals surface area contributed by atoms with Crippen LogP contribution in [0.25, 0.3) is 33.6 Å². The minimum absolute atomic E-state index is 0.0748. The number of aliphatic hydroxyl groups excluding tert-OH is 2. The second-order valence-corrected chi connectivity index (χ2v) is 20.4. The average Bonchev–Trinajstić information content (AvgIpc) is 4.00. The third-order valence-electron chi connectivity index (χ3n) is 14.9. The number of carbonyl (C=O) groups excluding carboxylic acids is 2. The molecule has 3 aromatic rings. The van der Waals surface area contributed by atoms with Gasteiger partial charge in [0, 0.05) is 74.2 Å². The molecule has 7 atom stereocenters. The molecule has 0 radical (unpaired) electrons. The Morgan fingerprint density at radius 3 is 2.05 bits per heavy atom. The number of hydrogen-bond acceptors (Lipinski definition) is 8. The Morgan fingerprint density at radius 1 is 0.800 bits per heavy atom. The van der Waals surface area contributed by atoms with Crippen LogP contribution in [0, 0.1) is 31.6 Å². The summed E-state index contributed by atoms with van der Waals surface area (Å²) in [6, 6.07) is 6.12. The third kappa shape index (κ3) is 11.1. The minimum atomic E-state index is -1.09. The highest BCUT2D eigenvalue weighted by Gasteiger charge is 2.42. The van der Waals surface area contributed by atoms with E-state index in [0.717, 1.165) is 81.1 Å². The summed E-state index contributed by atoms with van der Waals surface area (Å²) in [6.45, 7) is 23.8. The number of allylic oxidation sites excluding steroid dienone is 1. The van der Waals surface area contributed by atoms with Crippen molar-refractivity contribution in [3.05, 3.63) is 79.8 Å². The number of H-pyrrole nitrogens is 2. The normalized spacial score (nSPS) is 20.9. The highest BCUT2D eigenvalue weighted by Crippen LogP contribution is 2.46. The van der Waals surface area contributed by atoms with Gasteiger partial charge in [0.15, 0.2) is 0 Å². The molecule has 3 aromatic heterocycles. The summed E-state index contributed by atoms with van der Waals surface area (Å²) in [6.07, 6.45) is 14.8. The lowest BCUT2D eigenvalue weighted by Crippen LogP contribution is -2.18. The molecule has 0 aromatic carbocycles. The Kier molecular flexibility index (Phi) is 16.5. The van der Waals surface area contributed by atoms with Crippen LogP contribution >= 0.6 is 0 Å². The van der Waals surface area contributed by atoms with Crippen LogP contribution in [0.15, 0.2) is 29.8 Å². The SMILES string of the molecule is CC[C@H]1c2cc3[nH]c4c(c5nc(cc6[nH]c(cc(n2)[C@@H]1C)/c(=C(\C)O)c6C)[C@@H](C)[C@@H]5CCC(=O)OC/C=C(\C)CCC[C@H](C)CCC[C@H](C)CCCC(C)C)[C@@H](C(=O)OC)C(O)=c4c3C. The summed E-state index contributed by atoms with van der Waals surface area (Å²) in [7, 11) is 1.33. The van der Waals surface area contributed by atoms with Gasteiger partial charge in [-0.15, -0.1) is 0 Å². The van der Waals surface area contributed by atoms with E-state index in [0.29, 0.717) is 34.3 Å². The smallest absolute Gasteiger partial charge is 0.321 e. The number of nitrogens with one attached hydrogen (secondary N) is 2. The number of carbonyl (C=O) groups is 2. The van der Waals surface area contributed by atoms with Gasteiger partial charge in [-0.25, -0.2) is 0 Å². The summed E-state index contributed by atoms with van der Waals surface area (Å²) < 4.78 is 11.1. The van der Waals surface area contributed by atoms with Gasteiger partial charge in [-0.2, -0.15) is 0 Å². The van der Waals surface area contributed by atoms with Crippen molar-refractivity contribution in [1.29, 1.82) is 0 Å². The highest BCUT2D eigenvalue weighted by atomic mass is 16.5. The minimum Gasteiger partial charge on any atom is -0.512 e. The quantitative estimate of drug-likeness (QED) is 0.0686. The number of aromatic nitrogens is 4. The van der Waals surface area contributed by atoms with Crippen molar-refractivity contribution < 1.29 is 29.3 Å². The summed E-state index contributed by atoms with van der Waals surface area (Å²) in [5.74, 6) is 0.302. The fraction of sp³-hybridized carbons (Fsp3) is 0.600. The Bertz CT molecular complexity index is 2540. The molecule has 0 fully saturated rings. The number of hydrogen-bond donors (Lipinski definition) is 4. The lowest BCUT2D eigenvalue weighted by atomic mass is 9.84. The summed E-state index contributed by atoms with van der Waals surface area (Å²) in [5, 5.41) is 24.2. The fourth-order valence-corrected chi connectivity index (χ4v) is 10.8. The molecule has 10 nitrogen and oxygen atoms in total. The predicted octanol–water partition coefficient (Wildman–Crippen LogP) is 12.4. The maximum atomic E-state index is 13.7. The molecule has 2 aliphatic heterocycles. The second kappa shape index (κ2) is 21.6. The zero-order valence-electron chi connectivity index (χ0n) is 41.5. The van der Waals surface area contributed by atoms with Gasteiger partial charge in [0.1, 0.15) is 18.3 Å². The van der Waals surface area contributed by atoms with Gasteiger partial charge in [-0.05, 0) is 107 Å². The van der Waals surface area contributed by atoms with E-state index in [1.54, 1.807) is 6.92 Å². The van der Waals surface area contributed by atoms with Crippen LogP contribution in [0.4, 0.5) is 0 Å². The van der Waals surface area contributed by atoms with Gasteiger partial charge in [0.05, 0.1) is 29.6 Å². The topological polar surface area (TPSA) is 150 Å². The number of methoxy groups -OCH3 is 1. The van der Waals surface area contributed by atoms with Crippen molar-refractivity contribution in [1.82, 2.24) is 19.9 Å². The molecule has 8 bridgehead atoms. The second-order valence-electron chi connectivity index (χ2n) is 20.4. The van der Waals surface area contributed by atoms with E-state index in [9.17, 15) is 19.8 Å². The lowest BCUT2D eigenvalue weighted by Gasteiger charge is -2.19. The Labute approximate surface area is 387 Å². The van der Waals surface area contributed by atoms with Crippen LogP contribution in [0.1, 0.15) is 208 Å². The van der Waals surface area contributed by atoms with Gasteiger partial charge in [0.2, 0.25) is 0 Å². The number of nitrogens with zero attached hydrogens (tertiary/aromatic N) is 2. The van der Waals surface area contributed by atoms with Crippen LogP contribution < -0.4 is 10.4 Å². The van der Waals surface area contributed by atoms with Gasteiger partial charge in [0.25, 0.3) is 0 Å². The van der Waals surface area contributed by atoms with E-state index in [4.69, 9.17) is 19.4 Å². The molecule has 4 N–H and O–H groups in total. The van der Waals surface area contributed by atoms with Gasteiger partial charge >= 0.3 is 11.9 Å². The molecular formula is C55H78N4O6. The molecule has 5 heterocycles. The first-order valence-corrected chi connectivity index (χ1v) is 24.7. The average molecular weight is 891 g/mol. The zero-order valence-corrected chi connectivity index (χ0v) is 41.5. The molecule has 354 valence electrons. The lowest BCUT2D eigenvalue weighted by molar-refractivity contribution is -0.143. The van der Waals surface area contributed by atoms with Crippen LogP contribution in [-0.2, 0) is 19.1 Å². The number of esters is 2. The number of fused-ring (bicyclic) bond motifs is 8. The number of ether oxygens (including phenoxy) is 2. The first-order chi connectivity index (χ1) is 30.9. The number of aryl methyl sites for hydroxylation is 2. The monoisotopic (exact) mass is 891 g/mol. The summed E-state index contributed by atoms with van der Waals surface area (Å²) in [5.41, 5.74) is 9.71. The molecular weight excluding hydrogens is 813 g/mol. The van der Waals surface area contributed by atoms with Crippen molar-refractivity contribution in [3.63, 3.8) is 0 Å². The van der Waals surface area contributed by atoms with Gasteiger partial charge < -0.3 is 29.7 Å². The number of aliphatic hydroxyl groups is 2. The molecule has 3 aliphatic rings. The molecule has 0 spiro atoms. The fourth-order valence-electron chi connectivity index (χ4n) is 10.8. The van der Waals surface area contributed by atoms with E-state index in [1.165, 1.54) is 57.6 Å². The van der Waals surface area contributed by atoms with Crippen molar-refractivity contribution >= 4 is 45.5 Å². The molecule has 0 amide bonds. The zero-order chi connectivity index (χ0) is 47.3. The van der Waals surface area contributed by atoms with Crippen LogP contribution in [0.2, 0.25) is 0 Å². The maximum absolute atomic E-state index is 13.7. The van der Waals surface area contributed by atoms with Gasteiger partial charge in [-0.1, -0.05) is 99.0 Å². The van der Waals surface area contributed by atoms with Crippen molar-refractivity contribution in [2.24, 2.45) is 17.8 Å². The molecule has 0 saturated heterocycles. The standard InChI is InChI=1S/C55H78N4O6/c1-13-39-34(7)41-29-46-48(38(11)60)36(9)43(57-46)27-42-35(8)40(52(58-42)50-51(55(63)64-12)54(62)49-37(10)44(59-53(49)50)28-45(39)56-41)23-24-47(61)65-26-25-33(6)22-16-21-32(5)20-15-19-31(4)18-14-17-30(2)3/h25,27-32,34-35,39-40,51,57,59-60,62H,13-24,26H2,1-12H3/b33-25+,42-27?,45-28?,46-29?,48-38+/t31-,32-,34-,35+,39-,40+,51-/m1/s1. The molecule has 6 rings (SSSR count). The van der Waals surface area contributed by atoms with Crippen LogP contribution in [-0.4, -0.2) is 55.8 Å². The number of rotatable bonds is 19. The molecule has 65 heavy (non-hydrogen) atoms. The predicted molar refractivity (Wildman–Crippen MR) is 264 cm³/mol. The first kappa shape index (κ1) is 49.6. The maximum Gasteiger partial charge on any atom is 0.321 e. The Morgan fingerprint density at radius 2 is 1.40 bits per heavy atom. The van der Waals surface area contributed by atoms with Crippen molar-refractivity contribution in [3.8, 4) is 0 Å². The van der Waals surface area contributed by atoms with Crippen molar-refractivity contribution in [2.45, 2.75) is 183 Å². The highest BCUT2D eigenvalue weighted by molar-refractivity contribution is 5.96. The molecule has 0 unspecified atom stereocenters. The van der Waals surface area contributed by atoms with E-state index in [-0.39, 0.29) is 54.2 Å². The van der Waals surface area contributed by atoms with E-state index in [1.807, 2.05) is 26.0 Å². The number of aromatic amines is 2. The summed E-state index contributed by atoms with van der Waals surface area (Å²) in [4.78, 5) is 44.8. The Balaban J connectivity index is 1.25. The largest absolute Gasteiger partial charge is 0.512 e. The van der Waals surface area contributed by atoms with Crippen molar-refractivity contribution in [2.75, 3.05) is 13.7 Å².